The quantitative estimate of drug-likeness (QED) is 0.804. The Morgan fingerprint density at radius 2 is 2.33 bits per heavy atom. The van der Waals surface area contributed by atoms with Crippen molar-refractivity contribution in [1.29, 1.82) is 0 Å². The first-order valence-corrected chi connectivity index (χ1v) is 5.33. The third kappa shape index (κ3) is 1.97. The minimum absolute atomic E-state index is 0.153. The van der Waals surface area contributed by atoms with Crippen LogP contribution in [-0.2, 0) is 0 Å². The zero-order valence-corrected chi connectivity index (χ0v) is 8.91. The molecule has 1 aliphatic heterocycles. The summed E-state index contributed by atoms with van der Waals surface area (Å²) < 4.78 is 13.3. The minimum Gasteiger partial charge on any atom is -0.396 e. The molecule has 1 atom stereocenters. The number of anilines is 1. The van der Waals surface area contributed by atoms with E-state index in [0.29, 0.717) is 11.5 Å². The number of nitrogens with zero attached hydrogens (tertiary/aromatic N) is 1. The van der Waals surface area contributed by atoms with Crippen LogP contribution in [0.5, 0.6) is 0 Å². The molecule has 1 heterocycles. The maximum Gasteiger partial charge on any atom is 0.128 e. The first-order valence-electron chi connectivity index (χ1n) is 5.33. The Morgan fingerprint density at radius 1 is 1.53 bits per heavy atom. The van der Waals surface area contributed by atoms with Crippen LogP contribution in [0.15, 0.2) is 18.2 Å². The van der Waals surface area contributed by atoms with Crippen molar-refractivity contribution in [3.63, 3.8) is 0 Å². The number of hydrogen-bond acceptors (Lipinski definition) is 2. The number of aliphatic hydroxyl groups is 1. The number of aliphatic hydroxyl groups excluding tert-OH is 1. The van der Waals surface area contributed by atoms with E-state index in [4.69, 9.17) is 5.11 Å². The maximum atomic E-state index is 13.3. The van der Waals surface area contributed by atoms with Crippen molar-refractivity contribution in [3.05, 3.63) is 29.6 Å². The molecule has 2 nitrogen and oxygen atoms in total. The summed E-state index contributed by atoms with van der Waals surface area (Å²) in [5, 5.41) is 9.05. The van der Waals surface area contributed by atoms with Crippen LogP contribution in [0.3, 0.4) is 0 Å². The first-order chi connectivity index (χ1) is 7.22. The molecule has 1 fully saturated rings. The molecule has 1 aliphatic rings. The predicted molar refractivity (Wildman–Crippen MR) is 58.5 cm³/mol. The average Bonchev–Trinajstić information content (AvgIpc) is 2.70. The molecule has 0 bridgehead atoms. The lowest BCUT2D eigenvalue weighted by molar-refractivity contribution is 0.238. The van der Waals surface area contributed by atoms with E-state index >= 15 is 0 Å². The molecular formula is C12H16FNO. The number of rotatable bonds is 2. The first kappa shape index (κ1) is 10.4. The van der Waals surface area contributed by atoms with E-state index in [1.54, 1.807) is 13.0 Å². The Hall–Kier alpha value is -1.09. The molecule has 2 rings (SSSR count). The molecule has 1 unspecified atom stereocenters. The van der Waals surface area contributed by atoms with Crippen LogP contribution >= 0.6 is 0 Å². The predicted octanol–water partition coefficient (Wildman–Crippen LogP) is 1.95. The monoisotopic (exact) mass is 209 g/mol. The largest absolute Gasteiger partial charge is 0.396 e. The molecule has 0 radical (unpaired) electrons. The molecule has 0 aliphatic carbocycles. The van der Waals surface area contributed by atoms with E-state index in [2.05, 4.69) is 4.90 Å². The zero-order valence-electron chi connectivity index (χ0n) is 8.91. The Kier molecular flexibility index (Phi) is 2.91. The molecule has 1 N–H and O–H groups in total. The average molecular weight is 209 g/mol. The minimum atomic E-state index is -0.153. The van der Waals surface area contributed by atoms with Gasteiger partial charge in [-0.3, -0.25) is 0 Å². The normalized spacial score (nSPS) is 21.0. The van der Waals surface area contributed by atoms with Crippen molar-refractivity contribution in [2.45, 2.75) is 13.3 Å². The van der Waals surface area contributed by atoms with Crippen molar-refractivity contribution >= 4 is 5.69 Å². The van der Waals surface area contributed by atoms with Crippen LogP contribution in [0.2, 0.25) is 0 Å². The maximum absolute atomic E-state index is 13.3. The van der Waals surface area contributed by atoms with Gasteiger partial charge in [-0.15, -0.1) is 0 Å². The van der Waals surface area contributed by atoms with Crippen molar-refractivity contribution in [2.75, 3.05) is 24.6 Å². The van der Waals surface area contributed by atoms with Crippen molar-refractivity contribution in [1.82, 2.24) is 0 Å². The van der Waals surface area contributed by atoms with Gasteiger partial charge in [0.2, 0.25) is 0 Å². The van der Waals surface area contributed by atoms with Crippen LogP contribution in [-0.4, -0.2) is 24.8 Å². The van der Waals surface area contributed by atoms with Crippen LogP contribution in [0.25, 0.3) is 0 Å². The Balaban J connectivity index is 2.20. The molecule has 0 saturated carbocycles. The standard InChI is InChI=1S/C12H16FNO/c1-9-11(13)3-2-4-12(9)14-6-5-10(7-14)8-15/h2-4,10,15H,5-8H2,1H3. The molecule has 0 aromatic heterocycles. The molecule has 0 amide bonds. The SMILES string of the molecule is Cc1c(F)cccc1N1CCC(CO)C1. The summed E-state index contributed by atoms with van der Waals surface area (Å²) in [6.45, 7) is 3.78. The molecule has 0 spiro atoms. The number of hydrogen-bond donors (Lipinski definition) is 1. The lowest BCUT2D eigenvalue weighted by Gasteiger charge is -2.20. The van der Waals surface area contributed by atoms with Crippen LogP contribution < -0.4 is 4.90 Å². The third-order valence-corrected chi connectivity index (χ3v) is 3.12. The van der Waals surface area contributed by atoms with Gasteiger partial charge in [-0.05, 0) is 25.5 Å². The summed E-state index contributed by atoms with van der Waals surface area (Å²) >= 11 is 0. The van der Waals surface area contributed by atoms with E-state index < -0.39 is 0 Å². The summed E-state index contributed by atoms with van der Waals surface area (Å²) in [4.78, 5) is 2.15. The van der Waals surface area contributed by atoms with E-state index in [1.165, 1.54) is 6.07 Å². The van der Waals surface area contributed by atoms with Crippen molar-refractivity contribution in [2.24, 2.45) is 5.92 Å². The fraction of sp³-hybridized carbons (Fsp3) is 0.500. The highest BCUT2D eigenvalue weighted by Crippen LogP contribution is 2.27. The Bertz CT molecular complexity index is 353. The van der Waals surface area contributed by atoms with Gasteiger partial charge in [0.15, 0.2) is 0 Å². The van der Waals surface area contributed by atoms with Gasteiger partial charge in [-0.25, -0.2) is 4.39 Å². The van der Waals surface area contributed by atoms with E-state index in [1.807, 2.05) is 6.07 Å². The van der Waals surface area contributed by atoms with E-state index in [-0.39, 0.29) is 12.4 Å². The van der Waals surface area contributed by atoms with Crippen molar-refractivity contribution < 1.29 is 9.50 Å². The second-order valence-electron chi connectivity index (χ2n) is 4.17. The van der Waals surface area contributed by atoms with Gasteiger partial charge in [0.25, 0.3) is 0 Å². The molecular weight excluding hydrogens is 193 g/mol. The molecule has 15 heavy (non-hydrogen) atoms. The topological polar surface area (TPSA) is 23.5 Å². The molecule has 1 saturated heterocycles. The van der Waals surface area contributed by atoms with E-state index in [9.17, 15) is 4.39 Å². The summed E-state index contributed by atoms with van der Waals surface area (Å²) in [5.41, 5.74) is 1.67. The van der Waals surface area contributed by atoms with Gasteiger partial charge in [0, 0.05) is 36.9 Å². The summed E-state index contributed by atoms with van der Waals surface area (Å²) in [5.74, 6) is 0.188. The van der Waals surface area contributed by atoms with Crippen LogP contribution in [0.1, 0.15) is 12.0 Å². The lowest BCUT2D eigenvalue weighted by atomic mass is 10.1. The third-order valence-electron chi connectivity index (χ3n) is 3.12. The zero-order chi connectivity index (χ0) is 10.8. The van der Waals surface area contributed by atoms with Gasteiger partial charge in [-0.1, -0.05) is 6.07 Å². The lowest BCUT2D eigenvalue weighted by Crippen LogP contribution is -2.21. The summed E-state index contributed by atoms with van der Waals surface area (Å²) in [7, 11) is 0. The fourth-order valence-corrected chi connectivity index (χ4v) is 2.14. The van der Waals surface area contributed by atoms with Gasteiger partial charge in [-0.2, -0.15) is 0 Å². The summed E-state index contributed by atoms with van der Waals surface area (Å²) in [6, 6.07) is 5.17. The van der Waals surface area contributed by atoms with Gasteiger partial charge >= 0.3 is 0 Å². The number of benzene rings is 1. The van der Waals surface area contributed by atoms with Crippen LogP contribution in [0, 0.1) is 18.7 Å². The summed E-state index contributed by atoms with van der Waals surface area (Å²) in [6.07, 6.45) is 0.993. The number of halogens is 1. The highest BCUT2D eigenvalue weighted by atomic mass is 19.1. The molecule has 82 valence electrons. The molecule has 3 heteroatoms. The van der Waals surface area contributed by atoms with Gasteiger partial charge in [0.1, 0.15) is 5.82 Å². The smallest absolute Gasteiger partial charge is 0.128 e. The second kappa shape index (κ2) is 4.19. The van der Waals surface area contributed by atoms with E-state index in [0.717, 1.165) is 25.2 Å². The van der Waals surface area contributed by atoms with Crippen molar-refractivity contribution in [3.8, 4) is 0 Å². The molecule has 1 aromatic rings. The Labute approximate surface area is 89.3 Å². The highest BCUT2D eigenvalue weighted by Gasteiger charge is 2.23. The second-order valence-corrected chi connectivity index (χ2v) is 4.17. The van der Waals surface area contributed by atoms with Gasteiger partial charge < -0.3 is 10.0 Å². The van der Waals surface area contributed by atoms with Gasteiger partial charge in [0.05, 0.1) is 0 Å². The highest BCUT2D eigenvalue weighted by molar-refractivity contribution is 5.54. The fourth-order valence-electron chi connectivity index (χ4n) is 2.14. The molecule has 1 aromatic carbocycles. The van der Waals surface area contributed by atoms with Crippen LogP contribution in [0.4, 0.5) is 10.1 Å². The Morgan fingerprint density at radius 3 is 3.00 bits per heavy atom.